The molecule has 0 aliphatic rings. The molecule has 1 N–H and O–H groups in total. The summed E-state index contributed by atoms with van der Waals surface area (Å²) >= 11 is 1.62. The minimum Gasteiger partial charge on any atom is -0.484 e. The smallest absolute Gasteiger partial charge is 0.262 e. The minimum absolute atomic E-state index is 0.0137. The molecule has 2 aromatic carbocycles. The van der Waals surface area contributed by atoms with Crippen molar-refractivity contribution < 1.29 is 9.53 Å². The van der Waals surface area contributed by atoms with Crippen molar-refractivity contribution in [3.05, 3.63) is 64.5 Å². The van der Waals surface area contributed by atoms with Gasteiger partial charge < -0.3 is 10.1 Å². The summed E-state index contributed by atoms with van der Waals surface area (Å²) in [5, 5.41) is 5.91. The van der Waals surface area contributed by atoms with Crippen LogP contribution in [0.25, 0.3) is 11.3 Å². The average molecular weight is 352 g/mol. The van der Waals surface area contributed by atoms with Crippen molar-refractivity contribution in [3.63, 3.8) is 0 Å². The Morgan fingerprint density at radius 2 is 2.00 bits per heavy atom. The molecule has 128 valence electrons. The molecular weight excluding hydrogens is 332 g/mol. The van der Waals surface area contributed by atoms with E-state index in [0.717, 1.165) is 28.4 Å². The van der Waals surface area contributed by atoms with E-state index in [2.05, 4.69) is 17.2 Å². The summed E-state index contributed by atoms with van der Waals surface area (Å²) in [6.45, 7) is 4.06. The Kier molecular flexibility index (Phi) is 5.46. The van der Waals surface area contributed by atoms with Crippen LogP contribution in [-0.2, 0) is 11.2 Å². The zero-order chi connectivity index (χ0) is 17.6. The fourth-order valence-electron chi connectivity index (χ4n) is 2.42. The third kappa shape index (κ3) is 4.67. The van der Waals surface area contributed by atoms with Gasteiger partial charge in [0.2, 0.25) is 0 Å². The van der Waals surface area contributed by atoms with E-state index in [1.807, 2.05) is 60.8 Å². The van der Waals surface area contributed by atoms with E-state index >= 15 is 0 Å². The first-order valence-corrected chi connectivity index (χ1v) is 9.06. The van der Waals surface area contributed by atoms with Crippen molar-refractivity contribution in [2.45, 2.75) is 20.3 Å². The average Bonchev–Trinajstić information content (AvgIpc) is 3.07. The Balaban J connectivity index is 1.55. The lowest BCUT2D eigenvalue weighted by Gasteiger charge is -2.09. The predicted octanol–water partition coefficient (Wildman–Crippen LogP) is 4.70. The summed E-state index contributed by atoms with van der Waals surface area (Å²) in [4.78, 5) is 16.5. The Hall–Kier alpha value is -2.66. The van der Waals surface area contributed by atoms with Gasteiger partial charge in [-0.1, -0.05) is 31.2 Å². The van der Waals surface area contributed by atoms with E-state index in [-0.39, 0.29) is 12.5 Å². The van der Waals surface area contributed by atoms with Crippen LogP contribution < -0.4 is 10.1 Å². The van der Waals surface area contributed by atoms with Crippen LogP contribution >= 0.6 is 11.3 Å². The Morgan fingerprint density at radius 3 is 2.68 bits per heavy atom. The fourth-order valence-corrected chi connectivity index (χ4v) is 3.04. The molecule has 0 fully saturated rings. The van der Waals surface area contributed by atoms with Crippen LogP contribution in [0.5, 0.6) is 5.75 Å². The molecule has 0 spiro atoms. The van der Waals surface area contributed by atoms with Gasteiger partial charge >= 0.3 is 0 Å². The highest BCUT2D eigenvalue weighted by atomic mass is 32.1. The van der Waals surface area contributed by atoms with Crippen LogP contribution in [-0.4, -0.2) is 17.5 Å². The third-order valence-corrected chi connectivity index (χ3v) is 4.53. The molecule has 0 aliphatic carbocycles. The van der Waals surface area contributed by atoms with Crippen molar-refractivity contribution in [1.29, 1.82) is 0 Å². The first-order valence-electron chi connectivity index (χ1n) is 8.18. The molecule has 3 aromatic rings. The maximum atomic E-state index is 12.1. The van der Waals surface area contributed by atoms with Gasteiger partial charge in [-0.25, -0.2) is 4.98 Å². The van der Waals surface area contributed by atoms with Gasteiger partial charge in [0.05, 0.1) is 10.7 Å². The molecule has 0 atom stereocenters. The first kappa shape index (κ1) is 17.2. The number of aromatic nitrogens is 1. The van der Waals surface area contributed by atoms with Gasteiger partial charge in [-0.15, -0.1) is 11.3 Å². The van der Waals surface area contributed by atoms with E-state index in [9.17, 15) is 4.79 Å². The molecule has 0 saturated heterocycles. The molecule has 1 amide bonds. The Morgan fingerprint density at radius 1 is 1.20 bits per heavy atom. The molecule has 0 radical (unpaired) electrons. The number of carbonyl (C=O) groups is 1. The number of amides is 1. The van der Waals surface area contributed by atoms with Gasteiger partial charge in [-0.2, -0.15) is 0 Å². The van der Waals surface area contributed by atoms with Crippen LogP contribution in [0.2, 0.25) is 0 Å². The van der Waals surface area contributed by atoms with Crippen molar-refractivity contribution in [2.75, 3.05) is 11.9 Å². The monoisotopic (exact) mass is 352 g/mol. The van der Waals surface area contributed by atoms with Crippen LogP contribution in [0.15, 0.2) is 53.9 Å². The lowest BCUT2D eigenvalue weighted by Crippen LogP contribution is -2.20. The van der Waals surface area contributed by atoms with Gasteiger partial charge in [-0.05, 0) is 43.2 Å². The Labute approximate surface area is 151 Å². The lowest BCUT2D eigenvalue weighted by atomic mass is 10.1. The molecule has 0 saturated carbocycles. The number of benzene rings is 2. The van der Waals surface area contributed by atoms with E-state index in [0.29, 0.717) is 5.75 Å². The van der Waals surface area contributed by atoms with Crippen LogP contribution in [0.1, 0.15) is 17.5 Å². The highest BCUT2D eigenvalue weighted by Crippen LogP contribution is 2.23. The second kappa shape index (κ2) is 7.94. The zero-order valence-corrected chi connectivity index (χ0v) is 15.1. The topological polar surface area (TPSA) is 51.2 Å². The summed E-state index contributed by atoms with van der Waals surface area (Å²) in [6, 6.07) is 15.4. The predicted molar refractivity (Wildman–Crippen MR) is 102 cm³/mol. The molecule has 1 heterocycles. The number of ether oxygens (including phenoxy) is 1. The lowest BCUT2D eigenvalue weighted by molar-refractivity contribution is -0.118. The summed E-state index contributed by atoms with van der Waals surface area (Å²) in [5.74, 6) is 0.530. The van der Waals surface area contributed by atoms with Crippen molar-refractivity contribution in [1.82, 2.24) is 4.98 Å². The number of hydrogen-bond acceptors (Lipinski definition) is 4. The molecule has 1 aromatic heterocycles. The number of hydrogen-bond donors (Lipinski definition) is 1. The molecule has 0 unspecified atom stereocenters. The summed E-state index contributed by atoms with van der Waals surface area (Å²) in [6.07, 6.45) is 0.939. The molecule has 4 nitrogen and oxygen atoms in total. The summed E-state index contributed by atoms with van der Waals surface area (Å²) < 4.78 is 5.56. The van der Waals surface area contributed by atoms with Crippen LogP contribution in [0, 0.1) is 6.92 Å². The van der Waals surface area contributed by atoms with Gasteiger partial charge in [0, 0.05) is 16.6 Å². The van der Waals surface area contributed by atoms with Crippen molar-refractivity contribution in [2.24, 2.45) is 0 Å². The number of aryl methyl sites for hydroxylation is 2. The minimum atomic E-state index is -0.181. The molecular formula is C20H20N2O2S. The second-order valence-corrected chi connectivity index (χ2v) is 6.73. The number of anilines is 1. The number of carbonyl (C=O) groups excluding carboxylic acids is 1. The zero-order valence-electron chi connectivity index (χ0n) is 14.3. The van der Waals surface area contributed by atoms with Crippen LogP contribution in [0.4, 0.5) is 5.69 Å². The van der Waals surface area contributed by atoms with E-state index < -0.39 is 0 Å². The SMILES string of the molecule is CCc1cccc(OCC(=O)Nc2ccc(-c3csc(C)n3)cc2)c1. The summed E-state index contributed by atoms with van der Waals surface area (Å²) in [5.41, 5.74) is 3.92. The number of thiazole rings is 1. The first-order chi connectivity index (χ1) is 12.1. The highest BCUT2D eigenvalue weighted by molar-refractivity contribution is 7.09. The van der Waals surface area contributed by atoms with Gasteiger partial charge in [0.25, 0.3) is 5.91 Å². The van der Waals surface area contributed by atoms with E-state index in [1.165, 1.54) is 5.56 Å². The van der Waals surface area contributed by atoms with E-state index in [1.54, 1.807) is 11.3 Å². The van der Waals surface area contributed by atoms with Gasteiger partial charge in [0.15, 0.2) is 6.61 Å². The second-order valence-electron chi connectivity index (χ2n) is 5.67. The van der Waals surface area contributed by atoms with Gasteiger partial charge in [-0.3, -0.25) is 4.79 Å². The number of nitrogens with zero attached hydrogens (tertiary/aromatic N) is 1. The maximum absolute atomic E-state index is 12.1. The molecule has 5 heteroatoms. The van der Waals surface area contributed by atoms with Crippen molar-refractivity contribution in [3.8, 4) is 17.0 Å². The van der Waals surface area contributed by atoms with Gasteiger partial charge in [0.1, 0.15) is 5.75 Å². The fraction of sp³-hybridized carbons (Fsp3) is 0.200. The third-order valence-electron chi connectivity index (χ3n) is 3.76. The normalized spacial score (nSPS) is 10.5. The summed E-state index contributed by atoms with van der Waals surface area (Å²) in [7, 11) is 0. The largest absolute Gasteiger partial charge is 0.484 e. The van der Waals surface area contributed by atoms with Crippen LogP contribution in [0.3, 0.4) is 0 Å². The molecule has 25 heavy (non-hydrogen) atoms. The molecule has 0 bridgehead atoms. The Bertz CT molecular complexity index is 856. The number of nitrogens with one attached hydrogen (secondary N) is 1. The quantitative estimate of drug-likeness (QED) is 0.700. The number of rotatable bonds is 6. The van der Waals surface area contributed by atoms with Crippen molar-refractivity contribution >= 4 is 22.9 Å². The molecule has 3 rings (SSSR count). The highest BCUT2D eigenvalue weighted by Gasteiger charge is 2.06. The molecule has 0 aliphatic heterocycles. The van der Waals surface area contributed by atoms with E-state index in [4.69, 9.17) is 4.74 Å². The maximum Gasteiger partial charge on any atom is 0.262 e. The standard InChI is InChI=1S/C20H20N2O2S/c1-3-15-5-4-6-18(11-15)24-12-20(23)22-17-9-7-16(8-10-17)19-13-25-14(2)21-19/h4-11,13H,3,12H2,1-2H3,(H,22,23).